The third-order valence-corrected chi connectivity index (χ3v) is 6.01. The largest absolute Gasteiger partial charge is 0.334 e. The molecule has 1 atom stereocenters. The van der Waals surface area contributed by atoms with Gasteiger partial charge in [0.1, 0.15) is 0 Å². The van der Waals surface area contributed by atoms with Crippen LogP contribution >= 0.6 is 0 Å². The van der Waals surface area contributed by atoms with E-state index < -0.39 is 0 Å². The van der Waals surface area contributed by atoms with E-state index in [1.807, 2.05) is 0 Å². The number of hydrogen-bond donors (Lipinski definition) is 0. The molecule has 0 bridgehead atoms. The molecule has 1 aliphatic rings. The normalized spacial score (nSPS) is 18.1. The highest BCUT2D eigenvalue weighted by molar-refractivity contribution is 5.78. The molecular weight excluding hydrogens is 358 g/mol. The van der Waals surface area contributed by atoms with Crippen molar-refractivity contribution in [2.45, 2.75) is 38.6 Å². The summed E-state index contributed by atoms with van der Waals surface area (Å²) in [6.45, 7) is 2.12. The molecule has 4 rings (SSSR count). The quantitative estimate of drug-likeness (QED) is 0.565. The minimum atomic E-state index is 0.448. The topological polar surface area (TPSA) is 42.2 Å². The Balaban J connectivity index is 1.63. The zero-order chi connectivity index (χ0) is 20.2. The average Bonchev–Trinajstić information content (AvgIpc) is 3.24. The van der Waals surface area contributed by atoms with Crippen molar-refractivity contribution in [1.82, 2.24) is 15.0 Å². The first-order valence-electron chi connectivity index (χ1n) is 10.4. The highest BCUT2D eigenvalue weighted by atomic mass is 16.5. The van der Waals surface area contributed by atoms with Gasteiger partial charge in [0.2, 0.25) is 0 Å². The van der Waals surface area contributed by atoms with Gasteiger partial charge in [-0.25, -0.2) is 0 Å². The standard InChI is InChI=1S/C25H29N3O/c1-18-8-7-11-22(16-18)23(25-26-17-27-29-25)19-12-14-21(15-13-19)24(28(2)3)20-9-5-4-6-10-20/h4-11,16-17,21,24H,12-15H2,1-3H3. The Kier molecular flexibility index (Phi) is 5.91. The van der Waals surface area contributed by atoms with Gasteiger partial charge in [0.05, 0.1) is 0 Å². The Morgan fingerprint density at radius 2 is 1.79 bits per heavy atom. The molecule has 0 amide bonds. The molecule has 3 aromatic rings. The lowest BCUT2D eigenvalue weighted by atomic mass is 9.77. The Labute approximate surface area is 173 Å². The highest BCUT2D eigenvalue weighted by Crippen LogP contribution is 2.42. The van der Waals surface area contributed by atoms with E-state index in [0.29, 0.717) is 17.9 Å². The number of hydrogen-bond acceptors (Lipinski definition) is 4. The van der Waals surface area contributed by atoms with E-state index in [9.17, 15) is 0 Å². The van der Waals surface area contributed by atoms with Gasteiger partial charge < -0.3 is 9.42 Å². The molecule has 29 heavy (non-hydrogen) atoms. The zero-order valence-corrected chi connectivity index (χ0v) is 17.5. The van der Waals surface area contributed by atoms with Crippen molar-refractivity contribution < 1.29 is 4.52 Å². The first-order chi connectivity index (χ1) is 14.1. The zero-order valence-electron chi connectivity index (χ0n) is 17.5. The van der Waals surface area contributed by atoms with Crippen molar-refractivity contribution in [3.63, 3.8) is 0 Å². The van der Waals surface area contributed by atoms with E-state index in [2.05, 4.69) is 90.7 Å². The molecule has 4 nitrogen and oxygen atoms in total. The Morgan fingerprint density at radius 3 is 2.41 bits per heavy atom. The lowest BCUT2D eigenvalue weighted by Crippen LogP contribution is -2.29. The number of allylic oxidation sites excluding steroid dienone is 1. The highest BCUT2D eigenvalue weighted by Gasteiger charge is 2.30. The number of rotatable bonds is 5. The molecule has 2 aromatic carbocycles. The number of aromatic nitrogens is 2. The van der Waals surface area contributed by atoms with Crippen LogP contribution in [0.4, 0.5) is 0 Å². The summed E-state index contributed by atoms with van der Waals surface area (Å²) in [5, 5.41) is 3.86. The summed E-state index contributed by atoms with van der Waals surface area (Å²) < 4.78 is 5.50. The van der Waals surface area contributed by atoms with E-state index in [-0.39, 0.29) is 0 Å². The number of benzene rings is 2. The first-order valence-corrected chi connectivity index (χ1v) is 10.4. The minimum absolute atomic E-state index is 0.448. The van der Waals surface area contributed by atoms with Gasteiger partial charge in [-0.2, -0.15) is 4.98 Å². The smallest absolute Gasteiger partial charge is 0.258 e. The third kappa shape index (κ3) is 4.33. The van der Waals surface area contributed by atoms with Gasteiger partial charge in [0.25, 0.3) is 5.89 Å². The molecule has 1 unspecified atom stereocenters. The van der Waals surface area contributed by atoms with E-state index in [4.69, 9.17) is 4.52 Å². The molecule has 0 spiro atoms. The lowest BCUT2D eigenvalue weighted by molar-refractivity contribution is 0.183. The van der Waals surface area contributed by atoms with Crippen molar-refractivity contribution in [2.24, 2.45) is 5.92 Å². The van der Waals surface area contributed by atoms with Crippen molar-refractivity contribution in [3.8, 4) is 0 Å². The second kappa shape index (κ2) is 8.75. The minimum Gasteiger partial charge on any atom is -0.334 e. The molecule has 0 saturated heterocycles. The van der Waals surface area contributed by atoms with Gasteiger partial charge in [-0.15, -0.1) is 0 Å². The molecule has 150 valence electrons. The summed E-state index contributed by atoms with van der Waals surface area (Å²) >= 11 is 0. The lowest BCUT2D eigenvalue weighted by Gasteiger charge is -2.36. The van der Waals surface area contributed by atoms with Crippen LogP contribution in [0.3, 0.4) is 0 Å². The molecule has 0 radical (unpaired) electrons. The molecule has 0 aliphatic heterocycles. The number of nitrogens with zero attached hydrogens (tertiary/aromatic N) is 3. The summed E-state index contributed by atoms with van der Waals surface area (Å²) in [5.74, 6) is 1.27. The average molecular weight is 388 g/mol. The predicted octanol–water partition coefficient (Wildman–Crippen LogP) is 5.67. The SMILES string of the molecule is Cc1cccc(C(=C2CCC(C(c3ccccc3)N(C)C)CC2)c2ncno2)c1. The second-order valence-corrected chi connectivity index (χ2v) is 8.25. The molecule has 0 N–H and O–H groups in total. The fraction of sp³-hybridized carbons (Fsp3) is 0.360. The second-order valence-electron chi connectivity index (χ2n) is 8.25. The molecule has 1 saturated carbocycles. The van der Waals surface area contributed by atoms with Gasteiger partial charge in [-0.1, -0.05) is 70.9 Å². The monoisotopic (exact) mass is 387 g/mol. The van der Waals surface area contributed by atoms with E-state index in [1.54, 1.807) is 0 Å². The van der Waals surface area contributed by atoms with Crippen molar-refractivity contribution in [1.29, 1.82) is 0 Å². The summed E-state index contributed by atoms with van der Waals surface area (Å²) in [6.07, 6.45) is 5.95. The van der Waals surface area contributed by atoms with Crippen LogP contribution in [0, 0.1) is 12.8 Å². The fourth-order valence-corrected chi connectivity index (χ4v) is 4.76. The van der Waals surface area contributed by atoms with E-state index in [1.165, 1.54) is 28.6 Å². The summed E-state index contributed by atoms with van der Waals surface area (Å²) in [7, 11) is 4.39. The van der Waals surface area contributed by atoms with Crippen molar-refractivity contribution in [2.75, 3.05) is 14.1 Å². The van der Waals surface area contributed by atoms with Crippen molar-refractivity contribution >= 4 is 5.57 Å². The molecular formula is C25H29N3O. The molecule has 1 heterocycles. The Hall–Kier alpha value is -2.72. The maximum atomic E-state index is 5.50. The van der Waals surface area contributed by atoms with Crippen LogP contribution in [0.2, 0.25) is 0 Å². The number of aryl methyl sites for hydroxylation is 1. The predicted molar refractivity (Wildman–Crippen MR) is 116 cm³/mol. The molecule has 1 fully saturated rings. The van der Waals surface area contributed by atoms with E-state index in [0.717, 1.165) is 31.3 Å². The summed E-state index contributed by atoms with van der Waals surface area (Å²) in [4.78, 5) is 6.75. The van der Waals surface area contributed by atoms with Gasteiger partial charge in [-0.3, -0.25) is 0 Å². The van der Waals surface area contributed by atoms with Crippen LogP contribution in [-0.2, 0) is 0 Å². The first kappa shape index (κ1) is 19.6. The Morgan fingerprint density at radius 1 is 1.03 bits per heavy atom. The van der Waals surface area contributed by atoms with Gasteiger partial charge >= 0.3 is 0 Å². The maximum Gasteiger partial charge on any atom is 0.258 e. The van der Waals surface area contributed by atoms with Crippen LogP contribution in [0.1, 0.15) is 54.3 Å². The third-order valence-electron chi connectivity index (χ3n) is 6.01. The van der Waals surface area contributed by atoms with Crippen LogP contribution in [0.5, 0.6) is 0 Å². The van der Waals surface area contributed by atoms with Gasteiger partial charge in [-0.05, 0) is 63.7 Å². The fourth-order valence-electron chi connectivity index (χ4n) is 4.76. The molecule has 1 aliphatic carbocycles. The van der Waals surface area contributed by atoms with E-state index >= 15 is 0 Å². The molecule has 1 aromatic heterocycles. The molecule has 4 heteroatoms. The Bertz CT molecular complexity index is 951. The van der Waals surface area contributed by atoms with Crippen LogP contribution in [0.25, 0.3) is 5.57 Å². The van der Waals surface area contributed by atoms with Crippen LogP contribution in [0.15, 0.2) is 71.0 Å². The maximum absolute atomic E-state index is 5.50. The van der Waals surface area contributed by atoms with Crippen molar-refractivity contribution in [3.05, 3.63) is 89.1 Å². The van der Waals surface area contributed by atoms with Crippen LogP contribution < -0.4 is 0 Å². The van der Waals surface area contributed by atoms with Gasteiger partial charge in [0, 0.05) is 11.6 Å². The van der Waals surface area contributed by atoms with Gasteiger partial charge in [0.15, 0.2) is 6.33 Å². The summed E-state index contributed by atoms with van der Waals surface area (Å²) in [6, 6.07) is 19.9. The van der Waals surface area contributed by atoms with Crippen LogP contribution in [-0.4, -0.2) is 29.1 Å². The summed E-state index contributed by atoms with van der Waals surface area (Å²) in [5.41, 5.74) is 6.39.